The minimum Gasteiger partial charge on any atom is -0.492 e. The molecular formula is C17H24ClNO. The predicted molar refractivity (Wildman–Crippen MR) is 85.7 cm³/mol. The van der Waals surface area contributed by atoms with E-state index in [0.717, 1.165) is 41.8 Å². The SMILES string of the molecule is C=CCc1cc(Cl)ccc1OCCN1CCC(C)CC1. The van der Waals surface area contributed by atoms with Gasteiger partial charge in [0.15, 0.2) is 0 Å². The maximum Gasteiger partial charge on any atom is 0.122 e. The lowest BCUT2D eigenvalue weighted by Gasteiger charge is -2.30. The minimum absolute atomic E-state index is 0.736. The van der Waals surface area contributed by atoms with Gasteiger partial charge in [0.25, 0.3) is 0 Å². The van der Waals surface area contributed by atoms with Crippen LogP contribution < -0.4 is 4.74 Å². The first kappa shape index (κ1) is 15.4. The number of piperidine rings is 1. The van der Waals surface area contributed by atoms with Crippen molar-refractivity contribution in [2.45, 2.75) is 26.2 Å². The Bertz CT molecular complexity index is 439. The number of likely N-dealkylation sites (tertiary alicyclic amines) is 1. The van der Waals surface area contributed by atoms with Gasteiger partial charge in [0.05, 0.1) is 0 Å². The molecule has 110 valence electrons. The van der Waals surface area contributed by atoms with Crippen LogP contribution in [0, 0.1) is 5.92 Å². The molecule has 1 heterocycles. The van der Waals surface area contributed by atoms with Crippen molar-refractivity contribution in [3.63, 3.8) is 0 Å². The molecule has 0 bridgehead atoms. The first-order valence-corrected chi connectivity index (χ1v) is 7.81. The van der Waals surface area contributed by atoms with Gasteiger partial charge in [-0.2, -0.15) is 0 Å². The maximum absolute atomic E-state index is 6.02. The van der Waals surface area contributed by atoms with Crippen LogP contribution in [-0.2, 0) is 6.42 Å². The summed E-state index contributed by atoms with van der Waals surface area (Å²) in [7, 11) is 0. The van der Waals surface area contributed by atoms with E-state index in [1.807, 2.05) is 24.3 Å². The average molecular weight is 294 g/mol. The normalized spacial score (nSPS) is 17.1. The third-order valence-electron chi connectivity index (χ3n) is 3.93. The highest BCUT2D eigenvalue weighted by Crippen LogP contribution is 2.24. The molecule has 0 unspecified atom stereocenters. The average Bonchev–Trinajstić information content (AvgIpc) is 2.44. The Hall–Kier alpha value is -0.990. The molecule has 0 saturated carbocycles. The van der Waals surface area contributed by atoms with Gasteiger partial charge >= 0.3 is 0 Å². The molecule has 1 aromatic rings. The van der Waals surface area contributed by atoms with Crippen molar-refractivity contribution in [3.05, 3.63) is 41.4 Å². The second-order valence-corrected chi connectivity index (χ2v) is 6.05. The quantitative estimate of drug-likeness (QED) is 0.730. The molecular weight excluding hydrogens is 270 g/mol. The van der Waals surface area contributed by atoms with Crippen molar-refractivity contribution in [1.29, 1.82) is 0 Å². The topological polar surface area (TPSA) is 12.5 Å². The minimum atomic E-state index is 0.736. The number of benzene rings is 1. The molecule has 1 saturated heterocycles. The lowest BCUT2D eigenvalue weighted by molar-refractivity contribution is 0.160. The van der Waals surface area contributed by atoms with Crippen LogP contribution in [0.3, 0.4) is 0 Å². The van der Waals surface area contributed by atoms with Crippen LogP contribution in [0.25, 0.3) is 0 Å². The number of allylic oxidation sites excluding steroid dienone is 1. The van der Waals surface area contributed by atoms with Crippen molar-refractivity contribution in [2.24, 2.45) is 5.92 Å². The number of ether oxygens (including phenoxy) is 1. The van der Waals surface area contributed by atoms with Crippen molar-refractivity contribution in [2.75, 3.05) is 26.2 Å². The summed E-state index contributed by atoms with van der Waals surface area (Å²) >= 11 is 6.02. The molecule has 20 heavy (non-hydrogen) atoms. The zero-order valence-electron chi connectivity index (χ0n) is 12.3. The summed E-state index contributed by atoms with van der Waals surface area (Å²) in [6, 6.07) is 5.80. The zero-order chi connectivity index (χ0) is 14.4. The van der Waals surface area contributed by atoms with Crippen LogP contribution in [0.15, 0.2) is 30.9 Å². The molecule has 0 spiro atoms. The van der Waals surface area contributed by atoms with Gasteiger partial charge in [-0.3, -0.25) is 4.90 Å². The molecule has 1 aliphatic heterocycles. The van der Waals surface area contributed by atoms with E-state index in [0.29, 0.717) is 0 Å². The van der Waals surface area contributed by atoms with E-state index in [1.165, 1.54) is 25.9 Å². The van der Waals surface area contributed by atoms with Gasteiger partial charge in [0.1, 0.15) is 12.4 Å². The summed E-state index contributed by atoms with van der Waals surface area (Å²) in [5, 5.41) is 0.749. The summed E-state index contributed by atoms with van der Waals surface area (Å²) in [6.45, 7) is 10.3. The molecule has 0 aromatic heterocycles. The second kappa shape index (κ2) is 7.70. The summed E-state index contributed by atoms with van der Waals surface area (Å²) in [4.78, 5) is 2.49. The number of hydrogen-bond acceptors (Lipinski definition) is 2. The number of rotatable bonds is 6. The highest BCUT2D eigenvalue weighted by molar-refractivity contribution is 6.30. The summed E-state index contributed by atoms with van der Waals surface area (Å²) in [6.07, 6.45) is 5.28. The third kappa shape index (κ3) is 4.53. The van der Waals surface area contributed by atoms with Crippen LogP contribution in [0.4, 0.5) is 0 Å². The lowest BCUT2D eigenvalue weighted by atomic mass is 9.99. The molecule has 2 rings (SSSR count). The largest absolute Gasteiger partial charge is 0.492 e. The Kier molecular flexibility index (Phi) is 5.93. The third-order valence-corrected chi connectivity index (χ3v) is 4.16. The molecule has 1 fully saturated rings. The Balaban J connectivity index is 1.83. The van der Waals surface area contributed by atoms with E-state index in [9.17, 15) is 0 Å². The van der Waals surface area contributed by atoms with E-state index in [1.54, 1.807) is 0 Å². The number of nitrogens with zero attached hydrogens (tertiary/aromatic N) is 1. The first-order chi connectivity index (χ1) is 9.69. The first-order valence-electron chi connectivity index (χ1n) is 7.43. The lowest BCUT2D eigenvalue weighted by Crippen LogP contribution is -2.35. The standard InChI is InChI=1S/C17H24ClNO/c1-3-4-15-13-16(18)5-6-17(15)20-12-11-19-9-7-14(2)8-10-19/h3,5-6,13-14H,1,4,7-12H2,2H3. The van der Waals surface area contributed by atoms with Crippen molar-refractivity contribution in [3.8, 4) is 5.75 Å². The van der Waals surface area contributed by atoms with Gasteiger partial charge < -0.3 is 4.74 Å². The zero-order valence-corrected chi connectivity index (χ0v) is 13.0. The van der Waals surface area contributed by atoms with Crippen molar-refractivity contribution < 1.29 is 4.74 Å². The molecule has 2 nitrogen and oxygen atoms in total. The fourth-order valence-electron chi connectivity index (χ4n) is 2.57. The molecule has 0 atom stereocenters. The molecule has 0 aliphatic carbocycles. The Morgan fingerprint density at radius 1 is 1.40 bits per heavy atom. The summed E-state index contributed by atoms with van der Waals surface area (Å²) in [5.74, 6) is 1.81. The highest BCUT2D eigenvalue weighted by atomic mass is 35.5. The summed E-state index contributed by atoms with van der Waals surface area (Å²) < 4.78 is 5.93. The van der Waals surface area contributed by atoms with E-state index < -0.39 is 0 Å². The molecule has 3 heteroatoms. The van der Waals surface area contributed by atoms with Gasteiger partial charge in [-0.1, -0.05) is 24.6 Å². The van der Waals surface area contributed by atoms with E-state index in [2.05, 4.69) is 18.4 Å². The summed E-state index contributed by atoms with van der Waals surface area (Å²) in [5.41, 5.74) is 1.11. The van der Waals surface area contributed by atoms with E-state index >= 15 is 0 Å². The Labute approximate surface area is 127 Å². The van der Waals surface area contributed by atoms with Crippen molar-refractivity contribution >= 4 is 11.6 Å². The molecule has 1 aromatic carbocycles. The fourth-order valence-corrected chi connectivity index (χ4v) is 2.77. The smallest absolute Gasteiger partial charge is 0.122 e. The highest BCUT2D eigenvalue weighted by Gasteiger charge is 2.15. The van der Waals surface area contributed by atoms with E-state index in [-0.39, 0.29) is 0 Å². The number of halogens is 1. The second-order valence-electron chi connectivity index (χ2n) is 5.62. The van der Waals surface area contributed by atoms with Gasteiger partial charge in [0.2, 0.25) is 0 Å². The Morgan fingerprint density at radius 2 is 2.15 bits per heavy atom. The number of hydrogen-bond donors (Lipinski definition) is 0. The van der Waals surface area contributed by atoms with Gasteiger partial charge in [-0.25, -0.2) is 0 Å². The molecule has 0 amide bonds. The monoisotopic (exact) mass is 293 g/mol. The van der Waals surface area contributed by atoms with Crippen LogP contribution in [0.5, 0.6) is 5.75 Å². The van der Waals surface area contributed by atoms with Crippen molar-refractivity contribution in [1.82, 2.24) is 4.90 Å². The van der Waals surface area contributed by atoms with Crippen LogP contribution in [0.2, 0.25) is 5.02 Å². The van der Waals surface area contributed by atoms with Crippen LogP contribution >= 0.6 is 11.6 Å². The molecule has 0 radical (unpaired) electrons. The molecule has 0 N–H and O–H groups in total. The van der Waals surface area contributed by atoms with E-state index in [4.69, 9.17) is 16.3 Å². The fraction of sp³-hybridized carbons (Fsp3) is 0.529. The van der Waals surface area contributed by atoms with Crippen LogP contribution in [0.1, 0.15) is 25.3 Å². The molecule has 1 aliphatic rings. The van der Waals surface area contributed by atoms with Gasteiger partial charge in [-0.15, -0.1) is 6.58 Å². The maximum atomic E-state index is 6.02. The predicted octanol–water partition coefficient (Wildman–Crippen LogP) is 4.18. The van der Waals surface area contributed by atoms with Crippen LogP contribution in [-0.4, -0.2) is 31.1 Å². The van der Waals surface area contributed by atoms with Gasteiger partial charge in [-0.05, 0) is 62.0 Å². The Morgan fingerprint density at radius 3 is 2.85 bits per heavy atom. The van der Waals surface area contributed by atoms with Gasteiger partial charge in [0, 0.05) is 11.6 Å².